The van der Waals surface area contributed by atoms with Gasteiger partial charge in [-0.1, -0.05) is 0 Å². The van der Waals surface area contributed by atoms with Crippen LogP contribution in [-0.2, 0) is 0 Å². The second-order valence-corrected chi connectivity index (χ2v) is 4.69. The Labute approximate surface area is 111 Å². The Kier molecular flexibility index (Phi) is 3.33. The van der Waals surface area contributed by atoms with Gasteiger partial charge >= 0.3 is 0 Å². The van der Waals surface area contributed by atoms with Gasteiger partial charge in [-0.2, -0.15) is 0 Å². The Morgan fingerprint density at radius 2 is 1.95 bits per heavy atom. The Balaban J connectivity index is 1.74. The maximum atomic E-state index is 4.41. The van der Waals surface area contributed by atoms with Crippen molar-refractivity contribution in [1.82, 2.24) is 30.0 Å². The van der Waals surface area contributed by atoms with Crippen LogP contribution < -0.4 is 0 Å². The number of rotatable bonds is 2. The number of aromatic nitrogens is 4. The SMILES string of the molecule is CN1CCN(/C=C/c2nnc3ccncc3n2)CC1. The van der Waals surface area contributed by atoms with Gasteiger partial charge in [0.05, 0.1) is 6.20 Å². The smallest absolute Gasteiger partial charge is 0.176 e. The standard InChI is InChI=1S/C13H16N6/c1-18-6-8-19(9-7-18)5-3-13-15-12-10-14-4-2-11(12)16-17-13/h2-5,10H,6-9H2,1H3/b5-3+. The molecule has 2 aromatic rings. The monoisotopic (exact) mass is 256 g/mol. The molecule has 0 atom stereocenters. The predicted molar refractivity (Wildman–Crippen MR) is 73.2 cm³/mol. The van der Waals surface area contributed by atoms with Crippen LogP contribution in [0.1, 0.15) is 5.82 Å². The molecule has 1 aliphatic heterocycles. The number of likely N-dealkylation sites (N-methyl/N-ethyl adjacent to an activating group) is 1. The van der Waals surface area contributed by atoms with Crippen molar-refractivity contribution >= 4 is 17.1 Å². The van der Waals surface area contributed by atoms with Crippen molar-refractivity contribution in [2.75, 3.05) is 33.2 Å². The maximum Gasteiger partial charge on any atom is 0.176 e. The molecule has 1 aliphatic rings. The van der Waals surface area contributed by atoms with Crippen LogP contribution in [0, 0.1) is 0 Å². The summed E-state index contributed by atoms with van der Waals surface area (Å²) in [6.45, 7) is 4.25. The molecule has 3 heterocycles. The number of hydrogen-bond donors (Lipinski definition) is 0. The summed E-state index contributed by atoms with van der Waals surface area (Å²) in [5, 5.41) is 8.22. The van der Waals surface area contributed by atoms with E-state index in [1.165, 1.54) is 0 Å². The zero-order chi connectivity index (χ0) is 13.1. The van der Waals surface area contributed by atoms with Gasteiger partial charge in [-0.3, -0.25) is 4.98 Å². The van der Waals surface area contributed by atoms with E-state index in [9.17, 15) is 0 Å². The molecule has 0 amide bonds. The minimum absolute atomic E-state index is 0.624. The lowest BCUT2D eigenvalue weighted by molar-refractivity contribution is 0.199. The van der Waals surface area contributed by atoms with E-state index in [0.717, 1.165) is 37.2 Å². The zero-order valence-electron chi connectivity index (χ0n) is 10.9. The lowest BCUT2D eigenvalue weighted by atomic mass is 10.3. The van der Waals surface area contributed by atoms with Gasteiger partial charge in [0.15, 0.2) is 5.82 Å². The second-order valence-electron chi connectivity index (χ2n) is 4.69. The summed E-state index contributed by atoms with van der Waals surface area (Å²) in [6.07, 6.45) is 7.35. The summed E-state index contributed by atoms with van der Waals surface area (Å²) >= 11 is 0. The minimum Gasteiger partial charge on any atom is -0.375 e. The summed E-state index contributed by atoms with van der Waals surface area (Å²) in [7, 11) is 2.14. The third-order valence-electron chi connectivity index (χ3n) is 3.25. The van der Waals surface area contributed by atoms with E-state index >= 15 is 0 Å². The third kappa shape index (κ3) is 2.85. The van der Waals surface area contributed by atoms with Crippen molar-refractivity contribution in [2.24, 2.45) is 0 Å². The van der Waals surface area contributed by atoms with E-state index in [1.807, 2.05) is 18.3 Å². The third-order valence-corrected chi connectivity index (χ3v) is 3.25. The first-order valence-electron chi connectivity index (χ1n) is 6.36. The number of pyridine rings is 1. The van der Waals surface area contributed by atoms with Gasteiger partial charge < -0.3 is 9.80 Å². The minimum atomic E-state index is 0.624. The van der Waals surface area contributed by atoms with Crippen LogP contribution in [0.2, 0.25) is 0 Å². The highest BCUT2D eigenvalue weighted by atomic mass is 15.2. The van der Waals surface area contributed by atoms with Gasteiger partial charge in [0.25, 0.3) is 0 Å². The van der Waals surface area contributed by atoms with Crippen molar-refractivity contribution in [1.29, 1.82) is 0 Å². The molecule has 6 heteroatoms. The summed E-state index contributed by atoms with van der Waals surface area (Å²) in [5.74, 6) is 0.624. The molecule has 0 bridgehead atoms. The number of hydrogen-bond acceptors (Lipinski definition) is 6. The average molecular weight is 256 g/mol. The van der Waals surface area contributed by atoms with Crippen LogP contribution in [0.5, 0.6) is 0 Å². The normalized spacial score (nSPS) is 17.4. The average Bonchev–Trinajstić information content (AvgIpc) is 2.46. The molecular formula is C13H16N6. The molecule has 6 nitrogen and oxygen atoms in total. The number of piperazine rings is 1. The molecule has 0 spiro atoms. The molecule has 0 aromatic carbocycles. The summed E-state index contributed by atoms with van der Waals surface area (Å²) < 4.78 is 0. The van der Waals surface area contributed by atoms with Crippen LogP contribution in [0.15, 0.2) is 24.7 Å². The van der Waals surface area contributed by atoms with Crippen molar-refractivity contribution in [3.63, 3.8) is 0 Å². The predicted octanol–water partition coefficient (Wildman–Crippen LogP) is 0.638. The van der Waals surface area contributed by atoms with E-state index in [2.05, 4.69) is 37.0 Å². The topological polar surface area (TPSA) is 58.0 Å². The highest BCUT2D eigenvalue weighted by Crippen LogP contribution is 2.06. The van der Waals surface area contributed by atoms with Gasteiger partial charge in [-0.05, 0) is 13.1 Å². The fourth-order valence-electron chi connectivity index (χ4n) is 2.01. The van der Waals surface area contributed by atoms with Crippen LogP contribution in [-0.4, -0.2) is 63.2 Å². The van der Waals surface area contributed by atoms with Crippen molar-refractivity contribution in [3.05, 3.63) is 30.5 Å². The Morgan fingerprint density at radius 3 is 2.79 bits per heavy atom. The first kappa shape index (κ1) is 12.0. The molecule has 3 rings (SSSR count). The van der Waals surface area contributed by atoms with Gasteiger partial charge in [-0.25, -0.2) is 4.98 Å². The zero-order valence-corrected chi connectivity index (χ0v) is 10.9. The van der Waals surface area contributed by atoms with E-state index in [1.54, 1.807) is 12.4 Å². The van der Waals surface area contributed by atoms with E-state index in [-0.39, 0.29) is 0 Å². The molecule has 0 unspecified atom stereocenters. The number of fused-ring (bicyclic) bond motifs is 1. The van der Waals surface area contributed by atoms with Crippen LogP contribution in [0.25, 0.3) is 17.1 Å². The van der Waals surface area contributed by atoms with Gasteiger partial charge in [0.1, 0.15) is 11.0 Å². The molecule has 19 heavy (non-hydrogen) atoms. The van der Waals surface area contributed by atoms with Crippen molar-refractivity contribution in [2.45, 2.75) is 0 Å². The Hall–Kier alpha value is -2.08. The summed E-state index contributed by atoms with van der Waals surface area (Å²) in [4.78, 5) is 13.1. The number of nitrogens with zero attached hydrogens (tertiary/aromatic N) is 6. The first-order valence-corrected chi connectivity index (χ1v) is 6.36. The van der Waals surface area contributed by atoms with Crippen LogP contribution in [0.3, 0.4) is 0 Å². The lowest BCUT2D eigenvalue weighted by Gasteiger charge is -2.31. The second kappa shape index (κ2) is 5.27. The fraction of sp³-hybridized carbons (Fsp3) is 0.385. The molecule has 0 N–H and O–H groups in total. The van der Waals surface area contributed by atoms with Gasteiger partial charge in [0, 0.05) is 44.7 Å². The summed E-state index contributed by atoms with van der Waals surface area (Å²) in [5.41, 5.74) is 1.54. The van der Waals surface area contributed by atoms with E-state index < -0.39 is 0 Å². The van der Waals surface area contributed by atoms with Gasteiger partial charge in [-0.15, -0.1) is 10.2 Å². The van der Waals surface area contributed by atoms with E-state index in [4.69, 9.17) is 0 Å². The molecule has 98 valence electrons. The Morgan fingerprint density at radius 1 is 1.11 bits per heavy atom. The molecule has 2 aromatic heterocycles. The van der Waals surface area contributed by atoms with Crippen molar-refractivity contribution < 1.29 is 0 Å². The maximum absolute atomic E-state index is 4.41. The lowest BCUT2D eigenvalue weighted by Crippen LogP contribution is -2.41. The molecule has 1 saturated heterocycles. The van der Waals surface area contributed by atoms with Gasteiger partial charge in [0.2, 0.25) is 0 Å². The van der Waals surface area contributed by atoms with Crippen LogP contribution in [0.4, 0.5) is 0 Å². The Bertz CT molecular complexity index is 588. The quantitative estimate of drug-likeness (QED) is 0.786. The molecule has 0 saturated carbocycles. The molecule has 0 aliphatic carbocycles. The molecule has 0 radical (unpaired) electrons. The molecular weight excluding hydrogens is 240 g/mol. The fourth-order valence-corrected chi connectivity index (χ4v) is 2.01. The van der Waals surface area contributed by atoms with Crippen LogP contribution >= 0.6 is 0 Å². The van der Waals surface area contributed by atoms with Crippen molar-refractivity contribution in [3.8, 4) is 0 Å². The largest absolute Gasteiger partial charge is 0.375 e. The molecule has 1 fully saturated rings. The highest BCUT2D eigenvalue weighted by Gasteiger charge is 2.09. The highest BCUT2D eigenvalue weighted by molar-refractivity contribution is 5.72. The van der Waals surface area contributed by atoms with E-state index in [0.29, 0.717) is 5.82 Å². The first-order chi connectivity index (χ1) is 9.31. The summed E-state index contributed by atoms with van der Waals surface area (Å²) in [6, 6.07) is 1.81.